The summed E-state index contributed by atoms with van der Waals surface area (Å²) in [6.07, 6.45) is 10.00. The number of rotatable bonds is 6. The van der Waals surface area contributed by atoms with E-state index >= 15 is 0 Å². The van der Waals surface area contributed by atoms with Gasteiger partial charge in [0.1, 0.15) is 0 Å². The molecular formula is C22H30BrCl2N7O2S. The van der Waals surface area contributed by atoms with Gasteiger partial charge in [-0.3, -0.25) is 4.72 Å². The molecule has 0 atom stereocenters. The van der Waals surface area contributed by atoms with Gasteiger partial charge in [-0.15, -0.1) is 24.8 Å². The molecule has 192 valence electrons. The predicted octanol–water partition coefficient (Wildman–Crippen LogP) is 5.03. The summed E-state index contributed by atoms with van der Waals surface area (Å²) in [5.74, 6) is 0.599. The van der Waals surface area contributed by atoms with E-state index in [9.17, 15) is 8.42 Å². The highest BCUT2D eigenvalue weighted by atomic mass is 79.9. The Kier molecular flexibility index (Phi) is 9.25. The van der Waals surface area contributed by atoms with Crippen LogP contribution in [0.2, 0.25) is 0 Å². The van der Waals surface area contributed by atoms with Crippen molar-refractivity contribution >= 4 is 73.7 Å². The van der Waals surface area contributed by atoms with Gasteiger partial charge in [-0.05, 0) is 56.7 Å². The molecule has 0 radical (unpaired) electrons. The fraction of sp³-hybridized carbons (Fsp3) is 0.500. The van der Waals surface area contributed by atoms with Crippen molar-refractivity contribution in [2.24, 2.45) is 5.73 Å². The molecule has 0 bridgehead atoms. The van der Waals surface area contributed by atoms with E-state index in [2.05, 4.69) is 40.5 Å². The first-order valence-electron chi connectivity index (χ1n) is 11.4. The first kappa shape index (κ1) is 27.9. The third-order valence-electron chi connectivity index (χ3n) is 6.58. The molecule has 13 heteroatoms. The average Bonchev–Trinajstić information content (AvgIpc) is 3.45. The Hall–Kier alpha value is -1.66. The molecule has 0 saturated heterocycles. The van der Waals surface area contributed by atoms with Gasteiger partial charge in [0, 0.05) is 22.6 Å². The summed E-state index contributed by atoms with van der Waals surface area (Å²) in [6, 6.07) is 7.34. The Balaban J connectivity index is 0.00000171. The summed E-state index contributed by atoms with van der Waals surface area (Å²) in [4.78, 5) is 14.0. The number of aromatic nitrogens is 4. The van der Waals surface area contributed by atoms with E-state index in [4.69, 9.17) is 10.7 Å². The zero-order chi connectivity index (χ0) is 23.0. The van der Waals surface area contributed by atoms with Crippen LogP contribution in [0.3, 0.4) is 0 Å². The van der Waals surface area contributed by atoms with Gasteiger partial charge < -0.3 is 15.6 Å². The van der Waals surface area contributed by atoms with Gasteiger partial charge in [0.25, 0.3) is 10.0 Å². The van der Waals surface area contributed by atoms with Gasteiger partial charge >= 0.3 is 0 Å². The fourth-order valence-electron chi connectivity index (χ4n) is 4.77. The number of nitrogens with zero attached hydrogens (tertiary/aromatic N) is 4. The van der Waals surface area contributed by atoms with Crippen LogP contribution >= 0.6 is 40.7 Å². The molecule has 0 aliphatic heterocycles. The van der Waals surface area contributed by atoms with Crippen molar-refractivity contribution in [2.45, 2.75) is 74.4 Å². The van der Waals surface area contributed by atoms with Crippen LogP contribution in [0.15, 0.2) is 40.0 Å². The Bertz CT molecular complexity index is 1260. The molecule has 35 heavy (non-hydrogen) atoms. The molecule has 0 amide bonds. The molecule has 2 heterocycles. The number of nitrogens with two attached hydrogens (primary N) is 1. The van der Waals surface area contributed by atoms with Gasteiger partial charge in [0.05, 0.1) is 11.2 Å². The molecule has 0 unspecified atom stereocenters. The number of benzene rings is 1. The molecule has 3 aromatic rings. The molecule has 4 N–H and O–H groups in total. The van der Waals surface area contributed by atoms with Gasteiger partial charge in [-0.25, -0.2) is 13.4 Å². The second kappa shape index (κ2) is 11.6. The number of sulfonamides is 1. The molecule has 5 rings (SSSR count). The lowest BCUT2D eigenvalue weighted by Gasteiger charge is -2.27. The maximum atomic E-state index is 13.1. The largest absolute Gasteiger partial charge is 0.351 e. The molecule has 2 aliphatic carbocycles. The van der Waals surface area contributed by atoms with Crippen LogP contribution in [0.25, 0.3) is 11.2 Å². The van der Waals surface area contributed by atoms with Crippen LogP contribution in [0.4, 0.5) is 11.8 Å². The summed E-state index contributed by atoms with van der Waals surface area (Å²) in [5.41, 5.74) is 7.16. The lowest BCUT2D eigenvalue weighted by molar-refractivity contribution is 0.410. The summed E-state index contributed by atoms with van der Waals surface area (Å²) in [7, 11) is -3.86. The van der Waals surface area contributed by atoms with Crippen LogP contribution in [0, 0.1) is 0 Å². The lowest BCUT2D eigenvalue weighted by atomic mass is 9.92. The number of hydrogen-bond acceptors (Lipinski definition) is 7. The SMILES string of the molecule is Cl.Cl.NC1CCC(Nc2nc(NS(=O)(=O)c3cccc(Br)c3)c3ncn(C4CCCC4)c3n2)CC1. The van der Waals surface area contributed by atoms with Gasteiger partial charge in [-0.1, -0.05) is 34.8 Å². The highest BCUT2D eigenvalue weighted by molar-refractivity contribution is 9.10. The topological polar surface area (TPSA) is 128 Å². The predicted molar refractivity (Wildman–Crippen MR) is 146 cm³/mol. The van der Waals surface area contributed by atoms with Crippen molar-refractivity contribution in [3.05, 3.63) is 35.1 Å². The minimum absolute atomic E-state index is 0. The normalized spacial score (nSPS) is 20.7. The smallest absolute Gasteiger partial charge is 0.263 e. The number of imidazole rings is 1. The number of halogens is 3. The standard InChI is InChI=1S/C22H28BrN7O2S.2ClH/c23-14-4-3-7-18(12-14)33(31,32)29-20-19-21(30(13-25-19)17-5-1-2-6-17)28-22(27-20)26-16-10-8-15(24)9-11-16;;/h3-4,7,12-13,15-17H,1-2,5-6,8-11,24H2,(H2,26,27,28,29);2*1H. The number of fused-ring (bicyclic) bond motifs is 1. The van der Waals surface area contributed by atoms with Crippen molar-refractivity contribution < 1.29 is 8.42 Å². The van der Waals surface area contributed by atoms with Crippen molar-refractivity contribution in [1.82, 2.24) is 19.5 Å². The van der Waals surface area contributed by atoms with Crippen molar-refractivity contribution in [1.29, 1.82) is 0 Å². The third kappa shape index (κ3) is 6.19. The summed E-state index contributed by atoms with van der Waals surface area (Å²) in [5, 5.41) is 3.41. The van der Waals surface area contributed by atoms with Crippen LogP contribution in [-0.2, 0) is 10.0 Å². The minimum Gasteiger partial charge on any atom is -0.351 e. The number of nitrogens with one attached hydrogen (secondary N) is 2. The zero-order valence-electron chi connectivity index (χ0n) is 19.1. The molecule has 0 spiro atoms. The van der Waals surface area contributed by atoms with E-state index in [0.717, 1.165) is 38.5 Å². The van der Waals surface area contributed by atoms with Gasteiger partial charge in [0.15, 0.2) is 17.0 Å². The molecule has 1 aromatic carbocycles. The number of anilines is 2. The molecule has 2 saturated carbocycles. The first-order valence-corrected chi connectivity index (χ1v) is 13.7. The Morgan fingerprint density at radius 2 is 1.74 bits per heavy atom. The molecule has 2 aromatic heterocycles. The number of hydrogen-bond donors (Lipinski definition) is 3. The van der Waals surface area contributed by atoms with Crippen LogP contribution in [0.1, 0.15) is 57.4 Å². The van der Waals surface area contributed by atoms with Crippen LogP contribution in [-0.4, -0.2) is 40.0 Å². The Labute approximate surface area is 226 Å². The third-order valence-corrected chi connectivity index (χ3v) is 8.41. The van der Waals surface area contributed by atoms with E-state index in [1.54, 1.807) is 30.6 Å². The van der Waals surface area contributed by atoms with Crippen molar-refractivity contribution in [2.75, 3.05) is 10.0 Å². The highest BCUT2D eigenvalue weighted by Gasteiger charge is 2.25. The first-order chi connectivity index (χ1) is 15.9. The van der Waals surface area contributed by atoms with E-state index in [-0.39, 0.29) is 47.6 Å². The second-order valence-electron chi connectivity index (χ2n) is 8.98. The second-order valence-corrected chi connectivity index (χ2v) is 11.6. The van der Waals surface area contributed by atoms with E-state index in [1.807, 2.05) is 0 Å². The van der Waals surface area contributed by atoms with Crippen molar-refractivity contribution in [3.8, 4) is 0 Å². The quantitative estimate of drug-likeness (QED) is 0.359. The lowest BCUT2D eigenvalue weighted by Crippen LogP contribution is -2.33. The maximum absolute atomic E-state index is 13.1. The van der Waals surface area contributed by atoms with Crippen molar-refractivity contribution in [3.63, 3.8) is 0 Å². The summed E-state index contributed by atoms with van der Waals surface area (Å²) >= 11 is 3.34. The monoisotopic (exact) mass is 605 g/mol. The van der Waals surface area contributed by atoms with Crippen LogP contribution < -0.4 is 15.8 Å². The highest BCUT2D eigenvalue weighted by Crippen LogP contribution is 2.34. The van der Waals surface area contributed by atoms with E-state index in [0.29, 0.717) is 27.6 Å². The van der Waals surface area contributed by atoms with Crippen LogP contribution in [0.5, 0.6) is 0 Å². The summed E-state index contributed by atoms with van der Waals surface area (Å²) < 4.78 is 31.7. The van der Waals surface area contributed by atoms with Gasteiger partial charge in [0.2, 0.25) is 5.95 Å². The molecule has 2 fully saturated rings. The molecular weight excluding hydrogens is 577 g/mol. The average molecular weight is 607 g/mol. The molecule has 9 nitrogen and oxygen atoms in total. The Morgan fingerprint density at radius 3 is 2.43 bits per heavy atom. The van der Waals surface area contributed by atoms with Gasteiger partial charge in [-0.2, -0.15) is 9.97 Å². The fourth-order valence-corrected chi connectivity index (χ4v) is 6.37. The summed E-state index contributed by atoms with van der Waals surface area (Å²) in [6.45, 7) is 0. The van der Waals surface area contributed by atoms with E-state index < -0.39 is 10.0 Å². The molecule has 2 aliphatic rings. The Morgan fingerprint density at radius 1 is 1.03 bits per heavy atom. The zero-order valence-corrected chi connectivity index (χ0v) is 23.1. The minimum atomic E-state index is -3.86. The van der Waals surface area contributed by atoms with E-state index in [1.165, 1.54) is 12.8 Å². The maximum Gasteiger partial charge on any atom is 0.263 e.